The topological polar surface area (TPSA) is 54.8 Å². The molecule has 3 aromatic rings. The van der Waals surface area contributed by atoms with Crippen LogP contribution >= 0.6 is 15.9 Å². The molecule has 0 atom stereocenters. The fourth-order valence-corrected chi connectivity index (χ4v) is 4.81. The molecule has 0 aliphatic rings. The Morgan fingerprint density at radius 3 is 2.07 bits per heavy atom. The molecule has 0 aliphatic heterocycles. The molecular formula is C31H34BrF6N3O3. The SMILES string of the molecule is CCCCN(Cc1cccn1Cc1ccc(Br)cc1)C(=O)CN(CCCOC)C(=O)c1cc(C(F)(F)F)cc(C(F)(F)F)c1. The summed E-state index contributed by atoms with van der Waals surface area (Å²) in [5.74, 6) is -1.59. The van der Waals surface area contributed by atoms with Gasteiger partial charge in [0, 0.05) is 55.3 Å². The number of halogens is 7. The molecule has 3 rings (SSSR count). The van der Waals surface area contributed by atoms with Crippen molar-refractivity contribution < 1.29 is 40.7 Å². The summed E-state index contributed by atoms with van der Waals surface area (Å²) in [7, 11) is 1.41. The van der Waals surface area contributed by atoms with E-state index in [1.807, 2.05) is 54.1 Å². The fourth-order valence-electron chi connectivity index (χ4n) is 4.55. The summed E-state index contributed by atoms with van der Waals surface area (Å²) >= 11 is 3.41. The van der Waals surface area contributed by atoms with Gasteiger partial charge in [-0.1, -0.05) is 41.4 Å². The van der Waals surface area contributed by atoms with E-state index in [0.717, 1.165) is 27.1 Å². The summed E-state index contributed by atoms with van der Waals surface area (Å²) in [5.41, 5.74) is -2.15. The predicted octanol–water partition coefficient (Wildman–Crippen LogP) is 7.64. The molecule has 0 N–H and O–H groups in total. The van der Waals surface area contributed by atoms with Crippen molar-refractivity contribution in [3.05, 3.63) is 93.2 Å². The lowest BCUT2D eigenvalue weighted by atomic mass is 10.0. The Labute approximate surface area is 260 Å². The lowest BCUT2D eigenvalue weighted by Crippen LogP contribution is -2.44. The number of hydrogen-bond acceptors (Lipinski definition) is 3. The van der Waals surface area contributed by atoms with E-state index in [2.05, 4.69) is 15.9 Å². The fraction of sp³-hybridized carbons (Fsp3) is 0.419. The number of methoxy groups -OCH3 is 1. The highest BCUT2D eigenvalue weighted by molar-refractivity contribution is 9.10. The summed E-state index contributed by atoms with van der Waals surface area (Å²) < 4.78 is 88.8. The molecule has 240 valence electrons. The first-order valence-electron chi connectivity index (χ1n) is 14.0. The van der Waals surface area contributed by atoms with Crippen LogP contribution < -0.4 is 0 Å². The maximum Gasteiger partial charge on any atom is 0.416 e. The van der Waals surface area contributed by atoms with E-state index in [0.29, 0.717) is 31.6 Å². The van der Waals surface area contributed by atoms with Gasteiger partial charge in [0.05, 0.1) is 17.7 Å². The van der Waals surface area contributed by atoms with E-state index in [1.165, 1.54) is 7.11 Å². The number of carbonyl (C=O) groups excluding carboxylic acids is 2. The van der Waals surface area contributed by atoms with Crippen LogP contribution in [-0.2, 0) is 35.0 Å². The molecule has 0 saturated heterocycles. The van der Waals surface area contributed by atoms with Crippen molar-refractivity contribution in [2.75, 3.05) is 33.4 Å². The third kappa shape index (κ3) is 10.1. The van der Waals surface area contributed by atoms with Crippen molar-refractivity contribution in [1.29, 1.82) is 0 Å². The Kier molecular flexibility index (Phi) is 12.5. The first-order chi connectivity index (χ1) is 20.7. The van der Waals surface area contributed by atoms with Crippen molar-refractivity contribution in [1.82, 2.24) is 14.4 Å². The van der Waals surface area contributed by atoms with E-state index in [1.54, 1.807) is 4.90 Å². The molecule has 2 amide bonds. The van der Waals surface area contributed by atoms with Gasteiger partial charge in [-0.05, 0) is 60.9 Å². The van der Waals surface area contributed by atoms with E-state index < -0.39 is 47.4 Å². The van der Waals surface area contributed by atoms with Crippen LogP contribution in [-0.4, -0.2) is 59.5 Å². The van der Waals surface area contributed by atoms with Crippen LogP contribution in [0.4, 0.5) is 26.3 Å². The first kappa shape index (κ1) is 35.2. The summed E-state index contributed by atoms with van der Waals surface area (Å²) in [6.45, 7) is 2.56. The minimum Gasteiger partial charge on any atom is -0.385 e. The van der Waals surface area contributed by atoms with Crippen molar-refractivity contribution >= 4 is 27.7 Å². The average Bonchev–Trinajstić information content (AvgIpc) is 3.40. The number of benzene rings is 2. The number of alkyl halides is 6. The van der Waals surface area contributed by atoms with Crippen LogP contribution in [0.25, 0.3) is 0 Å². The summed E-state index contributed by atoms with van der Waals surface area (Å²) in [5, 5.41) is 0. The number of rotatable bonds is 14. The highest BCUT2D eigenvalue weighted by atomic mass is 79.9. The summed E-state index contributed by atoms with van der Waals surface area (Å²) in [6, 6.07) is 12.2. The Balaban J connectivity index is 1.89. The van der Waals surface area contributed by atoms with Gasteiger partial charge in [-0.15, -0.1) is 0 Å². The van der Waals surface area contributed by atoms with Crippen LogP contribution in [0, 0.1) is 0 Å². The molecule has 2 aromatic carbocycles. The van der Waals surface area contributed by atoms with E-state index >= 15 is 0 Å². The largest absolute Gasteiger partial charge is 0.416 e. The van der Waals surface area contributed by atoms with Gasteiger partial charge in [-0.3, -0.25) is 9.59 Å². The van der Waals surface area contributed by atoms with Crippen LogP contribution in [0.1, 0.15) is 58.9 Å². The quantitative estimate of drug-likeness (QED) is 0.129. The van der Waals surface area contributed by atoms with Crippen molar-refractivity contribution in [2.45, 2.75) is 51.6 Å². The Bertz CT molecular complexity index is 1360. The first-order valence-corrected chi connectivity index (χ1v) is 14.8. The predicted molar refractivity (Wildman–Crippen MR) is 157 cm³/mol. The maximum absolute atomic E-state index is 13.6. The average molecular weight is 691 g/mol. The molecular weight excluding hydrogens is 656 g/mol. The second kappa shape index (κ2) is 15.6. The number of hydrogen-bond donors (Lipinski definition) is 0. The summed E-state index contributed by atoms with van der Waals surface area (Å²) in [4.78, 5) is 29.6. The van der Waals surface area contributed by atoms with Gasteiger partial charge in [0.2, 0.25) is 5.91 Å². The number of nitrogens with zero attached hydrogens (tertiary/aromatic N) is 3. The number of unbranched alkanes of at least 4 members (excludes halogenated alkanes) is 1. The van der Waals surface area contributed by atoms with Gasteiger partial charge in [-0.25, -0.2) is 0 Å². The molecule has 1 heterocycles. The van der Waals surface area contributed by atoms with Gasteiger partial charge in [0.25, 0.3) is 5.91 Å². The minimum absolute atomic E-state index is 0.0347. The molecule has 0 fully saturated rings. The molecule has 0 spiro atoms. The highest BCUT2D eigenvalue weighted by Crippen LogP contribution is 2.36. The highest BCUT2D eigenvalue weighted by Gasteiger charge is 2.38. The third-order valence-electron chi connectivity index (χ3n) is 6.90. The van der Waals surface area contributed by atoms with Crippen LogP contribution in [0.2, 0.25) is 0 Å². The van der Waals surface area contributed by atoms with E-state index in [-0.39, 0.29) is 32.2 Å². The third-order valence-corrected chi connectivity index (χ3v) is 7.43. The molecule has 44 heavy (non-hydrogen) atoms. The Hall–Kier alpha value is -3.32. The number of amides is 2. The Morgan fingerprint density at radius 2 is 1.50 bits per heavy atom. The molecule has 1 aromatic heterocycles. The standard InChI is InChI=1S/C31H34BrF6N3O3/c1-3-4-12-40(20-27-7-5-13-39(27)19-22-8-10-26(32)11-9-22)28(42)21-41(14-6-15-44-2)29(43)23-16-24(30(33,34)35)18-25(17-23)31(36,37)38/h5,7-11,13,16-18H,3-4,6,12,14-15,19-21H2,1-2H3. The minimum atomic E-state index is -5.12. The van der Waals surface area contributed by atoms with Crippen molar-refractivity contribution in [3.63, 3.8) is 0 Å². The van der Waals surface area contributed by atoms with E-state index in [4.69, 9.17) is 4.74 Å². The smallest absolute Gasteiger partial charge is 0.385 e. The normalized spacial score (nSPS) is 11.9. The monoisotopic (exact) mass is 689 g/mol. The Morgan fingerprint density at radius 1 is 0.886 bits per heavy atom. The molecule has 6 nitrogen and oxygen atoms in total. The van der Waals surface area contributed by atoms with Crippen molar-refractivity contribution in [2.24, 2.45) is 0 Å². The second-order valence-corrected chi connectivity index (χ2v) is 11.2. The van der Waals surface area contributed by atoms with Gasteiger partial charge in [0.15, 0.2) is 0 Å². The lowest BCUT2D eigenvalue weighted by molar-refractivity contribution is -0.143. The van der Waals surface area contributed by atoms with Crippen molar-refractivity contribution in [3.8, 4) is 0 Å². The summed E-state index contributed by atoms with van der Waals surface area (Å²) in [6.07, 6.45) is -6.72. The van der Waals surface area contributed by atoms with Crippen LogP contribution in [0.15, 0.2) is 65.3 Å². The lowest BCUT2D eigenvalue weighted by Gasteiger charge is -2.28. The van der Waals surface area contributed by atoms with Gasteiger partial charge < -0.3 is 19.1 Å². The van der Waals surface area contributed by atoms with Crippen LogP contribution in [0.3, 0.4) is 0 Å². The molecule has 0 aliphatic carbocycles. The van der Waals surface area contributed by atoms with Gasteiger partial charge in [-0.2, -0.15) is 26.3 Å². The molecule has 0 unspecified atom stereocenters. The zero-order valence-electron chi connectivity index (χ0n) is 24.3. The molecule has 0 bridgehead atoms. The van der Waals surface area contributed by atoms with Gasteiger partial charge >= 0.3 is 12.4 Å². The zero-order chi connectivity index (χ0) is 32.5. The molecule has 13 heteroatoms. The van der Waals surface area contributed by atoms with Gasteiger partial charge in [0.1, 0.15) is 6.54 Å². The second-order valence-electron chi connectivity index (χ2n) is 10.3. The van der Waals surface area contributed by atoms with E-state index in [9.17, 15) is 35.9 Å². The maximum atomic E-state index is 13.6. The number of aromatic nitrogens is 1. The molecule has 0 radical (unpaired) electrons. The molecule has 0 saturated carbocycles. The zero-order valence-corrected chi connectivity index (χ0v) is 25.9. The van der Waals surface area contributed by atoms with Crippen LogP contribution in [0.5, 0.6) is 0 Å². The number of carbonyl (C=O) groups is 2. The number of ether oxygens (including phenoxy) is 1.